The summed E-state index contributed by atoms with van der Waals surface area (Å²) in [5, 5.41) is 3.38. The largest absolute Gasteiger partial charge is 0.483 e. The number of benzene rings is 1. The van der Waals surface area contributed by atoms with E-state index in [9.17, 15) is 9.59 Å². The number of hydrogen-bond donors (Lipinski definition) is 1. The zero-order valence-corrected chi connectivity index (χ0v) is 18.3. The summed E-state index contributed by atoms with van der Waals surface area (Å²) in [6.07, 6.45) is 1.97. The van der Waals surface area contributed by atoms with Crippen molar-refractivity contribution in [2.45, 2.75) is 32.2 Å². The van der Waals surface area contributed by atoms with Crippen LogP contribution in [0.2, 0.25) is 5.02 Å². The van der Waals surface area contributed by atoms with Gasteiger partial charge in [0, 0.05) is 56.9 Å². The molecule has 0 spiro atoms. The molecule has 2 aliphatic heterocycles. The third-order valence-electron chi connectivity index (χ3n) is 6.28. The zero-order valence-electron chi connectivity index (χ0n) is 17.5. The zero-order chi connectivity index (χ0) is 21.0. The summed E-state index contributed by atoms with van der Waals surface area (Å²) in [7, 11) is 1.67. The lowest BCUT2D eigenvalue weighted by molar-refractivity contribution is -0.136. The number of urea groups is 1. The van der Waals surface area contributed by atoms with Gasteiger partial charge < -0.3 is 19.9 Å². The van der Waals surface area contributed by atoms with E-state index in [-0.39, 0.29) is 24.1 Å². The first kappa shape index (κ1) is 21.7. The van der Waals surface area contributed by atoms with Crippen LogP contribution in [0.25, 0.3) is 0 Å². The number of halogens is 1. The van der Waals surface area contributed by atoms with Crippen LogP contribution in [0.4, 0.5) is 4.79 Å². The molecule has 2 fully saturated rings. The van der Waals surface area contributed by atoms with Crippen molar-refractivity contribution < 1.29 is 14.3 Å². The van der Waals surface area contributed by atoms with Crippen molar-refractivity contribution in [3.63, 3.8) is 0 Å². The summed E-state index contributed by atoms with van der Waals surface area (Å²) in [5.74, 6) is 0.689. The molecule has 0 bridgehead atoms. The maximum absolute atomic E-state index is 12.6. The molecule has 2 aliphatic rings. The summed E-state index contributed by atoms with van der Waals surface area (Å²) >= 11 is 5.97. The van der Waals surface area contributed by atoms with Gasteiger partial charge in [-0.25, -0.2) is 4.79 Å². The minimum absolute atomic E-state index is 0.00274. The summed E-state index contributed by atoms with van der Waals surface area (Å²) < 4.78 is 5.71. The van der Waals surface area contributed by atoms with Gasteiger partial charge in [-0.15, -0.1) is 0 Å². The Bertz CT molecular complexity index is 751. The fraction of sp³-hybridized carbons (Fsp3) is 0.619. The second-order valence-electron chi connectivity index (χ2n) is 7.87. The molecule has 2 saturated heterocycles. The highest BCUT2D eigenvalue weighted by Gasteiger charge is 2.44. The van der Waals surface area contributed by atoms with Gasteiger partial charge in [-0.2, -0.15) is 0 Å². The van der Waals surface area contributed by atoms with Gasteiger partial charge >= 0.3 is 6.03 Å². The van der Waals surface area contributed by atoms with Crippen molar-refractivity contribution in [2.24, 2.45) is 0 Å². The minimum atomic E-state index is -0.0104. The molecule has 1 aromatic rings. The van der Waals surface area contributed by atoms with Gasteiger partial charge in [0.1, 0.15) is 5.75 Å². The first-order valence-corrected chi connectivity index (χ1v) is 10.6. The molecule has 0 radical (unpaired) electrons. The number of amides is 3. The monoisotopic (exact) mass is 422 g/mol. The van der Waals surface area contributed by atoms with Gasteiger partial charge in [-0.3, -0.25) is 9.69 Å². The molecule has 2 heterocycles. The van der Waals surface area contributed by atoms with Crippen LogP contribution in [0.3, 0.4) is 0 Å². The number of carbonyl (C=O) groups is 2. The maximum Gasteiger partial charge on any atom is 0.317 e. The van der Waals surface area contributed by atoms with Gasteiger partial charge in [0.25, 0.3) is 5.91 Å². The third-order valence-corrected chi connectivity index (χ3v) is 6.52. The van der Waals surface area contributed by atoms with Crippen molar-refractivity contribution in [1.82, 2.24) is 20.0 Å². The number of likely N-dealkylation sites (tertiary alicyclic amines) is 1. The van der Waals surface area contributed by atoms with E-state index in [1.54, 1.807) is 19.2 Å². The molecule has 3 amide bonds. The Balaban J connectivity index is 1.51. The predicted molar refractivity (Wildman–Crippen MR) is 114 cm³/mol. The van der Waals surface area contributed by atoms with E-state index in [1.165, 1.54) is 0 Å². The maximum atomic E-state index is 12.6. The summed E-state index contributed by atoms with van der Waals surface area (Å²) in [6, 6.07) is 5.38. The highest BCUT2D eigenvalue weighted by molar-refractivity contribution is 6.30. The SMILES string of the molecule is CC[C@]1(N2CCN(C(=O)COc3ccc(Cl)cc3C)CC2)CCN(C(=O)NC)C1. The molecule has 0 unspecified atom stereocenters. The number of carbonyl (C=O) groups excluding carboxylic acids is 2. The van der Waals surface area contributed by atoms with Gasteiger partial charge in [-0.05, 0) is 43.5 Å². The summed E-state index contributed by atoms with van der Waals surface area (Å²) in [4.78, 5) is 30.8. The topological polar surface area (TPSA) is 65.1 Å². The molecule has 1 atom stereocenters. The van der Waals surface area contributed by atoms with Crippen LogP contribution < -0.4 is 10.1 Å². The Hall–Kier alpha value is -1.99. The van der Waals surface area contributed by atoms with Gasteiger partial charge in [0.05, 0.1) is 0 Å². The second kappa shape index (κ2) is 9.22. The van der Waals surface area contributed by atoms with Crippen LogP contribution in [-0.4, -0.2) is 85.1 Å². The number of nitrogens with zero attached hydrogens (tertiary/aromatic N) is 3. The molecule has 29 heavy (non-hydrogen) atoms. The quantitative estimate of drug-likeness (QED) is 0.791. The van der Waals surface area contributed by atoms with E-state index in [1.807, 2.05) is 22.8 Å². The lowest BCUT2D eigenvalue weighted by Crippen LogP contribution is -2.59. The molecule has 160 valence electrons. The first-order chi connectivity index (χ1) is 13.9. The Morgan fingerprint density at radius 2 is 1.90 bits per heavy atom. The number of nitrogens with one attached hydrogen (secondary N) is 1. The van der Waals surface area contributed by atoms with E-state index in [2.05, 4.69) is 17.1 Å². The van der Waals surface area contributed by atoms with E-state index in [0.29, 0.717) is 23.9 Å². The summed E-state index contributed by atoms with van der Waals surface area (Å²) in [6.45, 7) is 8.67. The Labute approximate surface area is 177 Å². The highest BCUT2D eigenvalue weighted by atomic mass is 35.5. The van der Waals surface area contributed by atoms with Gasteiger partial charge in [0.15, 0.2) is 6.61 Å². The molecular formula is C21H31ClN4O3. The average Bonchev–Trinajstić information content (AvgIpc) is 3.18. The number of aryl methyl sites for hydroxylation is 1. The number of hydrogen-bond acceptors (Lipinski definition) is 4. The van der Waals surface area contributed by atoms with Crippen LogP contribution in [0.5, 0.6) is 5.75 Å². The molecule has 0 aliphatic carbocycles. The van der Waals surface area contributed by atoms with Gasteiger partial charge in [0.2, 0.25) is 0 Å². The molecule has 8 heteroatoms. The van der Waals surface area contributed by atoms with Crippen molar-refractivity contribution in [1.29, 1.82) is 0 Å². The van der Waals surface area contributed by atoms with Crippen LogP contribution in [0.15, 0.2) is 18.2 Å². The van der Waals surface area contributed by atoms with Crippen LogP contribution in [-0.2, 0) is 4.79 Å². The highest BCUT2D eigenvalue weighted by Crippen LogP contribution is 2.32. The van der Waals surface area contributed by atoms with Gasteiger partial charge in [-0.1, -0.05) is 18.5 Å². The van der Waals surface area contributed by atoms with E-state index in [4.69, 9.17) is 16.3 Å². The first-order valence-electron chi connectivity index (χ1n) is 10.3. The third kappa shape index (κ3) is 4.78. The van der Waals surface area contributed by atoms with Crippen LogP contribution >= 0.6 is 11.6 Å². The molecule has 0 saturated carbocycles. The lowest BCUT2D eigenvalue weighted by atomic mass is 9.92. The standard InChI is InChI=1S/C21H31ClN4O3/c1-4-21(7-8-25(15-21)20(28)23-3)26-11-9-24(10-12-26)19(27)14-29-18-6-5-17(22)13-16(18)2/h5-6,13H,4,7-12,14-15H2,1-3H3,(H,23,28)/t21-/m0/s1. The van der Waals surface area contributed by atoms with Crippen LogP contribution in [0.1, 0.15) is 25.3 Å². The molecule has 0 aromatic heterocycles. The lowest BCUT2D eigenvalue weighted by Gasteiger charge is -2.45. The van der Waals surface area contributed by atoms with Crippen LogP contribution in [0, 0.1) is 6.92 Å². The van der Waals surface area contributed by atoms with Crippen molar-refractivity contribution in [3.8, 4) is 5.75 Å². The minimum Gasteiger partial charge on any atom is -0.483 e. The number of ether oxygens (including phenoxy) is 1. The number of rotatable bonds is 5. The van der Waals surface area contributed by atoms with Crippen molar-refractivity contribution >= 4 is 23.5 Å². The van der Waals surface area contributed by atoms with E-state index in [0.717, 1.165) is 44.6 Å². The average molecular weight is 423 g/mol. The van der Waals surface area contributed by atoms with E-state index >= 15 is 0 Å². The molecule has 1 aromatic carbocycles. The predicted octanol–water partition coefficient (Wildman–Crippen LogP) is 2.37. The van der Waals surface area contributed by atoms with E-state index < -0.39 is 0 Å². The fourth-order valence-electron chi connectivity index (χ4n) is 4.39. The molecule has 7 nitrogen and oxygen atoms in total. The fourth-order valence-corrected chi connectivity index (χ4v) is 4.62. The Morgan fingerprint density at radius 3 is 2.52 bits per heavy atom. The second-order valence-corrected chi connectivity index (χ2v) is 8.31. The summed E-state index contributed by atoms with van der Waals surface area (Å²) in [5.41, 5.74) is 0.931. The number of piperazine rings is 1. The Kier molecular flexibility index (Phi) is 6.90. The smallest absolute Gasteiger partial charge is 0.317 e. The molecule has 3 rings (SSSR count). The van der Waals surface area contributed by atoms with Crippen molar-refractivity contribution in [3.05, 3.63) is 28.8 Å². The normalized spacial score (nSPS) is 22.6. The Morgan fingerprint density at radius 1 is 1.17 bits per heavy atom. The molecular weight excluding hydrogens is 392 g/mol. The molecule has 1 N–H and O–H groups in total. The van der Waals surface area contributed by atoms with Crippen molar-refractivity contribution in [2.75, 3.05) is 52.9 Å².